The first kappa shape index (κ1) is 18.2. The molecule has 1 unspecified atom stereocenters. The SMILES string of the molecule is C=CCNC(=NCc1nnc(C)n1C)NCC(C)(O)c1ccsc1. The fraction of sp³-hybridized carbons (Fsp3) is 0.438. The summed E-state index contributed by atoms with van der Waals surface area (Å²) in [5.74, 6) is 2.21. The molecule has 0 radical (unpaired) electrons. The molecule has 0 fully saturated rings. The summed E-state index contributed by atoms with van der Waals surface area (Å²) in [6, 6.07) is 1.92. The van der Waals surface area contributed by atoms with Crippen LogP contribution in [0.4, 0.5) is 0 Å². The minimum absolute atomic E-state index is 0.338. The fourth-order valence-electron chi connectivity index (χ4n) is 2.01. The summed E-state index contributed by atoms with van der Waals surface area (Å²) in [4.78, 5) is 4.50. The summed E-state index contributed by atoms with van der Waals surface area (Å²) < 4.78 is 1.90. The molecule has 0 saturated carbocycles. The lowest BCUT2D eigenvalue weighted by atomic mass is 9.99. The van der Waals surface area contributed by atoms with E-state index in [9.17, 15) is 5.11 Å². The highest BCUT2D eigenvalue weighted by molar-refractivity contribution is 7.08. The number of guanidine groups is 1. The Morgan fingerprint density at radius 2 is 2.29 bits per heavy atom. The maximum atomic E-state index is 10.6. The summed E-state index contributed by atoms with van der Waals surface area (Å²) in [5, 5.41) is 28.9. The van der Waals surface area contributed by atoms with Crippen LogP contribution in [0.1, 0.15) is 24.1 Å². The van der Waals surface area contributed by atoms with Gasteiger partial charge in [-0.1, -0.05) is 6.08 Å². The van der Waals surface area contributed by atoms with E-state index in [2.05, 4.69) is 32.4 Å². The van der Waals surface area contributed by atoms with Crippen LogP contribution in [0.25, 0.3) is 0 Å². The second kappa shape index (κ2) is 8.07. The zero-order valence-electron chi connectivity index (χ0n) is 14.3. The van der Waals surface area contributed by atoms with Crippen LogP contribution in [0.2, 0.25) is 0 Å². The van der Waals surface area contributed by atoms with Gasteiger partial charge in [-0.05, 0) is 36.2 Å². The Bertz CT molecular complexity index is 689. The normalized spacial score (nSPS) is 14.2. The van der Waals surface area contributed by atoms with Crippen molar-refractivity contribution in [3.05, 3.63) is 46.7 Å². The van der Waals surface area contributed by atoms with Crippen LogP contribution in [-0.4, -0.2) is 38.9 Å². The van der Waals surface area contributed by atoms with E-state index in [1.54, 1.807) is 24.3 Å². The molecule has 0 bridgehead atoms. The first-order valence-corrected chi connectivity index (χ1v) is 8.61. The van der Waals surface area contributed by atoms with E-state index < -0.39 is 5.60 Å². The maximum Gasteiger partial charge on any atom is 0.192 e. The Morgan fingerprint density at radius 1 is 1.50 bits per heavy atom. The zero-order valence-corrected chi connectivity index (χ0v) is 15.1. The van der Waals surface area contributed by atoms with E-state index in [1.807, 2.05) is 35.4 Å². The molecule has 0 aliphatic heterocycles. The largest absolute Gasteiger partial charge is 0.384 e. The molecule has 7 nitrogen and oxygen atoms in total. The van der Waals surface area contributed by atoms with Crippen LogP contribution >= 0.6 is 11.3 Å². The topological polar surface area (TPSA) is 87.4 Å². The maximum absolute atomic E-state index is 10.6. The summed E-state index contributed by atoms with van der Waals surface area (Å²) in [6.45, 7) is 8.68. The van der Waals surface area contributed by atoms with Gasteiger partial charge >= 0.3 is 0 Å². The van der Waals surface area contributed by atoms with Crippen LogP contribution < -0.4 is 10.6 Å². The predicted octanol–water partition coefficient (Wildman–Crippen LogP) is 1.31. The second-order valence-electron chi connectivity index (χ2n) is 5.70. The number of rotatable bonds is 7. The van der Waals surface area contributed by atoms with E-state index in [1.165, 1.54) is 0 Å². The molecule has 2 aromatic heterocycles. The van der Waals surface area contributed by atoms with Gasteiger partial charge in [0.1, 0.15) is 18.0 Å². The van der Waals surface area contributed by atoms with Gasteiger partial charge in [0.15, 0.2) is 11.8 Å². The number of aliphatic hydroxyl groups is 1. The van der Waals surface area contributed by atoms with Gasteiger partial charge in [-0.15, -0.1) is 16.8 Å². The molecule has 0 spiro atoms. The zero-order chi connectivity index (χ0) is 17.6. The molecule has 2 heterocycles. The van der Waals surface area contributed by atoms with Crippen molar-refractivity contribution >= 4 is 17.3 Å². The molecule has 8 heteroatoms. The van der Waals surface area contributed by atoms with Crippen molar-refractivity contribution in [2.75, 3.05) is 13.1 Å². The van der Waals surface area contributed by atoms with Crippen LogP contribution in [0.15, 0.2) is 34.5 Å². The molecule has 3 N–H and O–H groups in total. The Morgan fingerprint density at radius 3 is 2.88 bits per heavy atom. The first-order chi connectivity index (χ1) is 11.4. The van der Waals surface area contributed by atoms with E-state index in [4.69, 9.17) is 0 Å². The van der Waals surface area contributed by atoms with Crippen molar-refractivity contribution in [3.63, 3.8) is 0 Å². The molecule has 0 aliphatic carbocycles. The standard InChI is InChI=1S/C16H24N6OS/c1-5-7-17-15(18-9-14-21-20-12(2)22(14)4)19-11-16(3,23)13-6-8-24-10-13/h5-6,8,10,23H,1,7,9,11H2,2-4H3,(H2,17,18,19). The summed E-state index contributed by atoms with van der Waals surface area (Å²) in [6.07, 6.45) is 1.75. The molecular formula is C16H24N6OS. The van der Waals surface area contributed by atoms with Crippen molar-refractivity contribution < 1.29 is 5.11 Å². The summed E-state index contributed by atoms with van der Waals surface area (Å²) in [5.41, 5.74) is -0.0927. The Balaban J connectivity index is 2.03. The van der Waals surface area contributed by atoms with E-state index in [0.29, 0.717) is 25.6 Å². The highest BCUT2D eigenvalue weighted by Crippen LogP contribution is 2.21. The van der Waals surface area contributed by atoms with Gasteiger partial charge in [0.2, 0.25) is 0 Å². The number of aryl methyl sites for hydroxylation is 1. The van der Waals surface area contributed by atoms with Crippen molar-refractivity contribution in [2.45, 2.75) is 26.0 Å². The minimum Gasteiger partial charge on any atom is -0.384 e. The third-order valence-corrected chi connectivity index (χ3v) is 4.40. The Hall–Kier alpha value is -2.19. The highest BCUT2D eigenvalue weighted by Gasteiger charge is 2.23. The van der Waals surface area contributed by atoms with Crippen molar-refractivity contribution in [1.82, 2.24) is 25.4 Å². The molecule has 0 aliphatic rings. The monoisotopic (exact) mass is 348 g/mol. The Labute approximate surface area is 146 Å². The smallest absolute Gasteiger partial charge is 0.192 e. The van der Waals surface area contributed by atoms with Gasteiger partial charge in [0.05, 0.1) is 6.54 Å². The number of aliphatic imine (C=N–C) groups is 1. The highest BCUT2D eigenvalue weighted by atomic mass is 32.1. The van der Waals surface area contributed by atoms with Crippen molar-refractivity contribution in [2.24, 2.45) is 12.0 Å². The average molecular weight is 348 g/mol. The molecule has 2 rings (SSSR count). The van der Waals surface area contributed by atoms with Gasteiger partial charge in [-0.25, -0.2) is 4.99 Å². The number of aromatic nitrogens is 3. The number of nitrogens with one attached hydrogen (secondary N) is 2. The molecular weight excluding hydrogens is 324 g/mol. The van der Waals surface area contributed by atoms with E-state index >= 15 is 0 Å². The molecule has 0 amide bonds. The predicted molar refractivity (Wildman–Crippen MR) is 97.0 cm³/mol. The first-order valence-electron chi connectivity index (χ1n) is 7.67. The van der Waals surface area contributed by atoms with Crippen LogP contribution in [0, 0.1) is 6.92 Å². The fourth-order valence-corrected chi connectivity index (χ4v) is 2.79. The number of thiophene rings is 1. The lowest BCUT2D eigenvalue weighted by Gasteiger charge is -2.24. The van der Waals surface area contributed by atoms with Gasteiger partial charge in [0.25, 0.3) is 0 Å². The molecule has 130 valence electrons. The molecule has 2 aromatic rings. The van der Waals surface area contributed by atoms with Gasteiger partial charge in [-0.2, -0.15) is 11.3 Å². The quantitative estimate of drug-likeness (QED) is 0.399. The lowest BCUT2D eigenvalue weighted by molar-refractivity contribution is 0.0621. The van der Waals surface area contributed by atoms with Crippen LogP contribution in [0.5, 0.6) is 0 Å². The third kappa shape index (κ3) is 4.65. The molecule has 24 heavy (non-hydrogen) atoms. The lowest BCUT2D eigenvalue weighted by Crippen LogP contribution is -2.44. The van der Waals surface area contributed by atoms with Gasteiger partial charge in [0, 0.05) is 13.6 Å². The van der Waals surface area contributed by atoms with Gasteiger partial charge in [-0.3, -0.25) is 0 Å². The van der Waals surface area contributed by atoms with E-state index in [-0.39, 0.29) is 0 Å². The molecule has 0 saturated heterocycles. The van der Waals surface area contributed by atoms with Gasteiger partial charge < -0.3 is 20.3 Å². The van der Waals surface area contributed by atoms with E-state index in [0.717, 1.165) is 17.2 Å². The number of hydrogen-bond acceptors (Lipinski definition) is 5. The number of nitrogens with zero attached hydrogens (tertiary/aromatic N) is 4. The second-order valence-corrected chi connectivity index (χ2v) is 6.48. The Kier molecular flexibility index (Phi) is 6.10. The number of hydrogen-bond donors (Lipinski definition) is 3. The van der Waals surface area contributed by atoms with Crippen LogP contribution in [0.3, 0.4) is 0 Å². The van der Waals surface area contributed by atoms with Crippen LogP contribution in [-0.2, 0) is 19.2 Å². The molecule has 1 atom stereocenters. The van der Waals surface area contributed by atoms with Crippen molar-refractivity contribution in [1.29, 1.82) is 0 Å². The van der Waals surface area contributed by atoms with Crippen molar-refractivity contribution in [3.8, 4) is 0 Å². The minimum atomic E-state index is -0.974. The third-order valence-electron chi connectivity index (χ3n) is 3.72. The summed E-state index contributed by atoms with van der Waals surface area (Å²) >= 11 is 1.56. The summed E-state index contributed by atoms with van der Waals surface area (Å²) in [7, 11) is 1.91. The molecule has 0 aromatic carbocycles. The average Bonchev–Trinajstić information content (AvgIpc) is 3.20.